The summed E-state index contributed by atoms with van der Waals surface area (Å²) in [4.78, 5) is 10.3. The average Bonchev–Trinajstić information content (AvgIpc) is 3.20. The molecule has 0 bridgehead atoms. The summed E-state index contributed by atoms with van der Waals surface area (Å²) in [5.74, 6) is 1.41. The van der Waals surface area contributed by atoms with Crippen LogP contribution in [-0.2, 0) is 6.42 Å². The topological polar surface area (TPSA) is 49.3 Å². The lowest BCUT2D eigenvalue weighted by molar-refractivity contribution is 0.791. The monoisotopic (exact) mass is 362 g/mol. The molecule has 1 aliphatic carbocycles. The summed E-state index contributed by atoms with van der Waals surface area (Å²) < 4.78 is 0. The van der Waals surface area contributed by atoms with Crippen LogP contribution in [0.1, 0.15) is 34.7 Å². The minimum absolute atomic E-state index is 0.434. The number of benzene rings is 1. The van der Waals surface area contributed by atoms with Crippen molar-refractivity contribution in [2.24, 2.45) is 4.99 Å². The van der Waals surface area contributed by atoms with E-state index in [-0.39, 0.29) is 0 Å². The van der Waals surface area contributed by atoms with Crippen molar-refractivity contribution >= 4 is 28.9 Å². The molecule has 0 saturated heterocycles. The molecular weight excluding hydrogens is 340 g/mol. The Balaban J connectivity index is 1.53. The number of aliphatic imine (C=N–C) groups is 1. The summed E-state index contributed by atoms with van der Waals surface area (Å²) >= 11 is 7.83. The van der Waals surface area contributed by atoms with Gasteiger partial charge in [0.25, 0.3) is 0 Å². The third-order valence-electron chi connectivity index (χ3n) is 4.00. The minimum Gasteiger partial charge on any atom is -0.357 e. The van der Waals surface area contributed by atoms with Gasteiger partial charge >= 0.3 is 0 Å². The van der Waals surface area contributed by atoms with Crippen molar-refractivity contribution in [3.63, 3.8) is 0 Å². The average molecular weight is 363 g/mol. The molecule has 1 saturated carbocycles. The molecule has 1 aromatic carbocycles. The van der Waals surface area contributed by atoms with Crippen molar-refractivity contribution in [3.8, 4) is 0 Å². The Morgan fingerprint density at radius 2 is 2.33 bits per heavy atom. The van der Waals surface area contributed by atoms with Gasteiger partial charge in [-0.3, -0.25) is 4.99 Å². The highest BCUT2D eigenvalue weighted by atomic mass is 35.5. The molecule has 1 aromatic heterocycles. The van der Waals surface area contributed by atoms with Gasteiger partial charge in [0.1, 0.15) is 0 Å². The van der Waals surface area contributed by atoms with E-state index < -0.39 is 0 Å². The van der Waals surface area contributed by atoms with E-state index in [1.807, 2.05) is 18.3 Å². The lowest BCUT2D eigenvalue weighted by atomic mass is 10.1. The van der Waals surface area contributed by atoms with Crippen LogP contribution in [0, 0.1) is 6.92 Å². The van der Waals surface area contributed by atoms with E-state index in [4.69, 9.17) is 11.6 Å². The van der Waals surface area contributed by atoms with Crippen LogP contribution in [0.2, 0.25) is 5.02 Å². The number of nitrogens with one attached hydrogen (secondary N) is 2. The molecule has 24 heavy (non-hydrogen) atoms. The number of hydrogen-bond acceptors (Lipinski definition) is 3. The van der Waals surface area contributed by atoms with Crippen LogP contribution in [0.15, 0.2) is 35.5 Å². The Morgan fingerprint density at radius 1 is 1.46 bits per heavy atom. The molecule has 4 nitrogen and oxygen atoms in total. The van der Waals surface area contributed by atoms with Crippen molar-refractivity contribution in [2.75, 3.05) is 13.1 Å². The van der Waals surface area contributed by atoms with Crippen LogP contribution < -0.4 is 10.6 Å². The summed E-state index contributed by atoms with van der Waals surface area (Å²) in [6, 6.07) is 8.57. The van der Waals surface area contributed by atoms with Crippen LogP contribution in [0.25, 0.3) is 0 Å². The van der Waals surface area contributed by atoms with E-state index in [1.54, 1.807) is 11.3 Å². The summed E-state index contributed by atoms with van der Waals surface area (Å²) in [7, 11) is 0. The number of nitrogens with zero attached hydrogens (tertiary/aromatic N) is 2. The van der Waals surface area contributed by atoms with Gasteiger partial charge in [-0.2, -0.15) is 0 Å². The van der Waals surface area contributed by atoms with E-state index in [0.29, 0.717) is 12.0 Å². The minimum atomic E-state index is 0.434. The number of guanidine groups is 1. The first kappa shape index (κ1) is 17.2. The maximum atomic E-state index is 6.09. The van der Waals surface area contributed by atoms with E-state index in [9.17, 15) is 0 Å². The SMILES string of the molecule is CCNC(=NCCc1ncc(C)s1)NC1CC1c1cccc(Cl)c1. The van der Waals surface area contributed by atoms with Crippen LogP contribution in [0.3, 0.4) is 0 Å². The van der Waals surface area contributed by atoms with Gasteiger partial charge in [0.05, 0.1) is 5.01 Å². The Hall–Kier alpha value is -1.59. The van der Waals surface area contributed by atoms with Crippen LogP contribution in [-0.4, -0.2) is 30.1 Å². The summed E-state index contributed by atoms with van der Waals surface area (Å²) in [6.45, 7) is 5.77. The first-order chi connectivity index (χ1) is 11.7. The Morgan fingerprint density at radius 3 is 3.04 bits per heavy atom. The molecule has 0 radical (unpaired) electrons. The molecule has 1 heterocycles. The second kappa shape index (κ2) is 7.99. The molecule has 2 atom stereocenters. The summed E-state index contributed by atoms with van der Waals surface area (Å²) in [6.07, 6.45) is 3.93. The molecule has 0 spiro atoms. The summed E-state index contributed by atoms with van der Waals surface area (Å²) in [5, 5.41) is 8.81. The molecule has 0 aliphatic heterocycles. The predicted molar refractivity (Wildman–Crippen MR) is 102 cm³/mol. The second-order valence-corrected chi connectivity index (χ2v) is 7.78. The second-order valence-electron chi connectivity index (χ2n) is 6.02. The smallest absolute Gasteiger partial charge is 0.191 e. The van der Waals surface area contributed by atoms with Gasteiger partial charge in [-0.15, -0.1) is 11.3 Å². The maximum absolute atomic E-state index is 6.09. The van der Waals surface area contributed by atoms with Crippen LogP contribution >= 0.6 is 22.9 Å². The standard InChI is InChI=1S/C18H23ClN4S/c1-3-20-18(21-8-7-17-22-11-12(2)24-17)23-16-10-15(16)13-5-4-6-14(19)9-13/h4-6,9,11,15-16H,3,7-8,10H2,1-2H3,(H2,20,21,23). The zero-order valence-electron chi connectivity index (χ0n) is 14.1. The molecule has 2 unspecified atom stereocenters. The summed E-state index contributed by atoms with van der Waals surface area (Å²) in [5.41, 5.74) is 1.30. The van der Waals surface area contributed by atoms with Gasteiger partial charge < -0.3 is 10.6 Å². The number of rotatable bonds is 6. The van der Waals surface area contributed by atoms with Crippen molar-refractivity contribution in [2.45, 2.75) is 38.6 Å². The molecule has 2 N–H and O–H groups in total. The first-order valence-corrected chi connectivity index (χ1v) is 9.56. The third kappa shape index (κ3) is 4.71. The largest absolute Gasteiger partial charge is 0.357 e. The van der Waals surface area contributed by atoms with Gasteiger partial charge in [0.2, 0.25) is 0 Å². The number of hydrogen-bond donors (Lipinski definition) is 2. The molecular formula is C18H23ClN4S. The molecule has 3 rings (SSSR count). The molecule has 2 aromatic rings. The fourth-order valence-electron chi connectivity index (χ4n) is 2.74. The Bertz CT molecular complexity index is 713. The van der Waals surface area contributed by atoms with E-state index in [2.05, 4.69) is 46.6 Å². The van der Waals surface area contributed by atoms with Crippen LogP contribution in [0.4, 0.5) is 0 Å². The Kier molecular flexibility index (Phi) is 5.74. The molecule has 128 valence electrons. The number of halogens is 1. The highest BCUT2D eigenvalue weighted by Crippen LogP contribution is 2.41. The highest BCUT2D eigenvalue weighted by molar-refractivity contribution is 7.11. The van der Waals surface area contributed by atoms with Crippen molar-refractivity contribution in [3.05, 3.63) is 50.9 Å². The Labute approximate surface area is 152 Å². The van der Waals surface area contributed by atoms with Gasteiger partial charge in [0.15, 0.2) is 5.96 Å². The van der Waals surface area contributed by atoms with Gasteiger partial charge in [-0.05, 0) is 38.0 Å². The quantitative estimate of drug-likeness (QED) is 0.607. The predicted octanol–water partition coefficient (Wildman–Crippen LogP) is 3.76. The normalized spacial score (nSPS) is 20.0. The lowest BCUT2D eigenvalue weighted by Crippen LogP contribution is -2.39. The van der Waals surface area contributed by atoms with E-state index >= 15 is 0 Å². The van der Waals surface area contributed by atoms with Crippen molar-refractivity contribution < 1.29 is 0 Å². The fraction of sp³-hybridized carbons (Fsp3) is 0.444. The lowest BCUT2D eigenvalue weighted by Gasteiger charge is -2.11. The molecule has 1 fully saturated rings. The zero-order chi connectivity index (χ0) is 16.9. The maximum Gasteiger partial charge on any atom is 0.191 e. The van der Waals surface area contributed by atoms with Crippen LogP contribution in [0.5, 0.6) is 0 Å². The number of thiazole rings is 1. The fourth-order valence-corrected chi connectivity index (χ4v) is 3.71. The van der Waals surface area contributed by atoms with E-state index in [1.165, 1.54) is 10.4 Å². The van der Waals surface area contributed by atoms with Gasteiger partial charge in [-0.1, -0.05) is 23.7 Å². The zero-order valence-corrected chi connectivity index (χ0v) is 15.6. The van der Waals surface area contributed by atoms with Crippen molar-refractivity contribution in [1.82, 2.24) is 15.6 Å². The molecule has 6 heteroatoms. The first-order valence-electron chi connectivity index (χ1n) is 8.37. The number of aromatic nitrogens is 1. The highest BCUT2D eigenvalue weighted by Gasteiger charge is 2.39. The van der Waals surface area contributed by atoms with E-state index in [0.717, 1.165) is 41.9 Å². The molecule has 1 aliphatic rings. The number of aryl methyl sites for hydroxylation is 1. The van der Waals surface area contributed by atoms with Gasteiger partial charge in [-0.25, -0.2) is 4.98 Å². The third-order valence-corrected chi connectivity index (χ3v) is 5.21. The van der Waals surface area contributed by atoms with Crippen molar-refractivity contribution in [1.29, 1.82) is 0 Å². The van der Waals surface area contributed by atoms with Gasteiger partial charge in [0, 0.05) is 47.6 Å². The molecule has 0 amide bonds.